The number of nitrogens with one attached hydrogen (secondary N) is 1. The summed E-state index contributed by atoms with van der Waals surface area (Å²) in [6.07, 6.45) is 1.49. The van der Waals surface area contributed by atoms with Crippen molar-refractivity contribution >= 4 is 5.91 Å². The molecule has 1 atom stereocenters. The van der Waals surface area contributed by atoms with Crippen LogP contribution in [0.15, 0.2) is 47.1 Å². The van der Waals surface area contributed by atoms with Gasteiger partial charge in [-0.05, 0) is 35.7 Å². The molecule has 0 saturated carbocycles. The van der Waals surface area contributed by atoms with Crippen molar-refractivity contribution in [2.45, 2.75) is 19.9 Å². The van der Waals surface area contributed by atoms with Crippen LogP contribution in [-0.4, -0.2) is 13.0 Å². The number of benzene rings is 1. The molecule has 0 fully saturated rings. The van der Waals surface area contributed by atoms with E-state index in [-0.39, 0.29) is 17.9 Å². The van der Waals surface area contributed by atoms with Crippen molar-refractivity contribution in [2.24, 2.45) is 5.92 Å². The number of hydrogen-bond acceptors (Lipinski definition) is 3. The van der Waals surface area contributed by atoms with E-state index in [4.69, 9.17) is 9.15 Å². The molecule has 1 N–H and O–H groups in total. The second kappa shape index (κ2) is 6.28. The lowest BCUT2D eigenvalue weighted by molar-refractivity contribution is 0.0897. The molecular formula is C16H19NO3. The zero-order chi connectivity index (χ0) is 14.5. The van der Waals surface area contributed by atoms with E-state index in [1.165, 1.54) is 6.26 Å². The molecule has 2 aromatic rings. The molecule has 0 aliphatic carbocycles. The van der Waals surface area contributed by atoms with E-state index >= 15 is 0 Å². The van der Waals surface area contributed by atoms with E-state index in [1.54, 1.807) is 19.2 Å². The number of amides is 1. The Balaban J connectivity index is 2.16. The monoisotopic (exact) mass is 273 g/mol. The first-order valence-electron chi connectivity index (χ1n) is 6.60. The molecule has 0 saturated heterocycles. The fraction of sp³-hybridized carbons (Fsp3) is 0.312. The summed E-state index contributed by atoms with van der Waals surface area (Å²) < 4.78 is 10.3. The van der Waals surface area contributed by atoms with Gasteiger partial charge in [0.2, 0.25) is 0 Å². The lowest BCUT2D eigenvalue weighted by atomic mass is 9.96. The number of hydrogen-bond donors (Lipinski definition) is 1. The molecule has 0 aliphatic rings. The third-order valence-corrected chi connectivity index (χ3v) is 3.17. The summed E-state index contributed by atoms with van der Waals surface area (Å²) in [4.78, 5) is 12.1. The second-order valence-electron chi connectivity index (χ2n) is 4.95. The minimum absolute atomic E-state index is 0.0708. The summed E-state index contributed by atoms with van der Waals surface area (Å²) in [5.41, 5.74) is 1.04. The summed E-state index contributed by atoms with van der Waals surface area (Å²) >= 11 is 0. The summed E-state index contributed by atoms with van der Waals surface area (Å²) in [5.74, 6) is 1.18. The molecule has 1 aromatic heterocycles. The minimum Gasteiger partial charge on any atom is -0.497 e. The van der Waals surface area contributed by atoms with Crippen LogP contribution in [0.1, 0.15) is 36.0 Å². The van der Waals surface area contributed by atoms with Crippen LogP contribution in [0.5, 0.6) is 5.75 Å². The van der Waals surface area contributed by atoms with Crippen LogP contribution in [0.2, 0.25) is 0 Å². The zero-order valence-electron chi connectivity index (χ0n) is 11.9. The number of furan rings is 1. The molecular weight excluding hydrogens is 254 g/mol. The molecule has 0 bridgehead atoms. The predicted molar refractivity (Wildman–Crippen MR) is 76.7 cm³/mol. The van der Waals surface area contributed by atoms with Crippen molar-refractivity contribution in [3.05, 3.63) is 54.0 Å². The molecule has 1 aromatic carbocycles. The summed E-state index contributed by atoms with van der Waals surface area (Å²) in [5, 5.41) is 3.00. The van der Waals surface area contributed by atoms with Gasteiger partial charge >= 0.3 is 0 Å². The van der Waals surface area contributed by atoms with Gasteiger partial charge in [-0.1, -0.05) is 26.0 Å². The maximum Gasteiger partial charge on any atom is 0.287 e. The Morgan fingerprint density at radius 2 is 1.90 bits per heavy atom. The van der Waals surface area contributed by atoms with E-state index in [0.717, 1.165) is 11.3 Å². The lowest BCUT2D eigenvalue weighted by Crippen LogP contribution is -2.31. The van der Waals surface area contributed by atoms with Crippen LogP contribution in [0.4, 0.5) is 0 Å². The topological polar surface area (TPSA) is 51.5 Å². The van der Waals surface area contributed by atoms with Crippen molar-refractivity contribution in [1.82, 2.24) is 5.32 Å². The Hall–Kier alpha value is -2.23. The number of methoxy groups -OCH3 is 1. The van der Waals surface area contributed by atoms with E-state index < -0.39 is 0 Å². The molecule has 4 nitrogen and oxygen atoms in total. The van der Waals surface area contributed by atoms with Crippen LogP contribution >= 0.6 is 0 Å². The summed E-state index contributed by atoms with van der Waals surface area (Å²) in [7, 11) is 1.63. The standard InChI is InChI=1S/C16H19NO3/c1-11(2)15(12-6-8-13(19-3)9-7-12)17-16(18)14-5-4-10-20-14/h4-11,15H,1-3H3,(H,17,18)/t15-/m0/s1. The fourth-order valence-electron chi connectivity index (χ4n) is 2.07. The van der Waals surface area contributed by atoms with E-state index in [1.807, 2.05) is 24.3 Å². The highest BCUT2D eigenvalue weighted by atomic mass is 16.5. The summed E-state index contributed by atoms with van der Waals surface area (Å²) in [6.45, 7) is 4.13. The number of rotatable bonds is 5. The highest BCUT2D eigenvalue weighted by Gasteiger charge is 2.20. The lowest BCUT2D eigenvalue weighted by Gasteiger charge is -2.22. The van der Waals surface area contributed by atoms with Gasteiger partial charge in [-0.25, -0.2) is 0 Å². The molecule has 106 valence electrons. The van der Waals surface area contributed by atoms with E-state index in [9.17, 15) is 4.79 Å². The molecule has 0 unspecified atom stereocenters. The Labute approximate surface area is 118 Å². The normalized spacial score (nSPS) is 12.2. The average Bonchev–Trinajstić information content (AvgIpc) is 2.98. The second-order valence-corrected chi connectivity index (χ2v) is 4.95. The number of ether oxygens (including phenoxy) is 1. The first-order valence-corrected chi connectivity index (χ1v) is 6.60. The average molecular weight is 273 g/mol. The highest BCUT2D eigenvalue weighted by molar-refractivity contribution is 5.91. The van der Waals surface area contributed by atoms with Gasteiger partial charge in [-0.3, -0.25) is 4.79 Å². The summed E-state index contributed by atoms with van der Waals surface area (Å²) in [6, 6.07) is 11.0. The largest absolute Gasteiger partial charge is 0.497 e. The van der Waals surface area contributed by atoms with Gasteiger partial charge in [-0.2, -0.15) is 0 Å². The first kappa shape index (κ1) is 14.2. The van der Waals surface area contributed by atoms with Gasteiger partial charge in [0.05, 0.1) is 19.4 Å². The Morgan fingerprint density at radius 1 is 1.20 bits per heavy atom. The molecule has 1 heterocycles. The Kier molecular flexibility index (Phi) is 4.45. The van der Waals surface area contributed by atoms with E-state index in [2.05, 4.69) is 19.2 Å². The van der Waals surface area contributed by atoms with Crippen molar-refractivity contribution in [1.29, 1.82) is 0 Å². The van der Waals surface area contributed by atoms with Crippen LogP contribution in [0.25, 0.3) is 0 Å². The van der Waals surface area contributed by atoms with Crippen molar-refractivity contribution in [3.63, 3.8) is 0 Å². The SMILES string of the molecule is COc1ccc([C@@H](NC(=O)c2ccco2)C(C)C)cc1. The van der Waals surface area contributed by atoms with Gasteiger partial charge in [-0.15, -0.1) is 0 Å². The predicted octanol–water partition coefficient (Wildman–Crippen LogP) is 3.42. The van der Waals surface area contributed by atoms with E-state index in [0.29, 0.717) is 5.76 Å². The van der Waals surface area contributed by atoms with Crippen molar-refractivity contribution < 1.29 is 13.9 Å². The minimum atomic E-state index is -0.204. The third-order valence-electron chi connectivity index (χ3n) is 3.17. The van der Waals surface area contributed by atoms with Crippen molar-refractivity contribution in [2.75, 3.05) is 7.11 Å². The molecule has 20 heavy (non-hydrogen) atoms. The van der Waals surface area contributed by atoms with Gasteiger partial charge in [0.15, 0.2) is 5.76 Å². The van der Waals surface area contributed by atoms with Crippen LogP contribution in [-0.2, 0) is 0 Å². The number of carbonyl (C=O) groups excluding carboxylic acids is 1. The molecule has 2 rings (SSSR count). The Morgan fingerprint density at radius 3 is 2.40 bits per heavy atom. The first-order chi connectivity index (χ1) is 9.61. The molecule has 1 amide bonds. The van der Waals surface area contributed by atoms with Crippen LogP contribution in [0, 0.1) is 5.92 Å². The van der Waals surface area contributed by atoms with Crippen LogP contribution < -0.4 is 10.1 Å². The number of carbonyl (C=O) groups is 1. The van der Waals surface area contributed by atoms with Gasteiger partial charge in [0.1, 0.15) is 5.75 Å². The van der Waals surface area contributed by atoms with Gasteiger partial charge in [0, 0.05) is 0 Å². The third kappa shape index (κ3) is 3.20. The molecule has 0 aliphatic heterocycles. The zero-order valence-corrected chi connectivity index (χ0v) is 11.9. The molecule has 0 spiro atoms. The quantitative estimate of drug-likeness (QED) is 0.908. The fourth-order valence-corrected chi connectivity index (χ4v) is 2.07. The van der Waals surface area contributed by atoms with Crippen LogP contribution in [0.3, 0.4) is 0 Å². The Bertz CT molecular complexity index is 544. The van der Waals surface area contributed by atoms with Gasteiger partial charge < -0.3 is 14.5 Å². The maximum absolute atomic E-state index is 12.1. The maximum atomic E-state index is 12.1. The molecule has 4 heteroatoms. The van der Waals surface area contributed by atoms with Crippen molar-refractivity contribution in [3.8, 4) is 5.75 Å². The van der Waals surface area contributed by atoms with Gasteiger partial charge in [0.25, 0.3) is 5.91 Å². The highest BCUT2D eigenvalue weighted by Crippen LogP contribution is 2.24. The molecule has 0 radical (unpaired) electrons. The smallest absolute Gasteiger partial charge is 0.287 e.